The molecule has 14 heavy (non-hydrogen) atoms. The minimum Gasteiger partial charge on any atom is -0.351 e. The van der Waals surface area contributed by atoms with Crippen LogP contribution in [0, 0.1) is 0 Å². The van der Waals surface area contributed by atoms with E-state index in [1.807, 2.05) is 0 Å². The molecule has 0 saturated heterocycles. The molecule has 0 fully saturated rings. The van der Waals surface area contributed by atoms with E-state index in [-0.39, 0.29) is 5.91 Å². The molecule has 0 aliphatic heterocycles. The normalized spacial score (nSPS) is 9.93. The summed E-state index contributed by atoms with van der Waals surface area (Å²) in [6, 6.07) is 4.72. The average molecular weight is 233 g/mol. The van der Waals surface area contributed by atoms with Crippen LogP contribution >= 0.6 is 23.2 Å². The van der Waals surface area contributed by atoms with Crippen molar-refractivity contribution in [3.05, 3.63) is 33.8 Å². The Morgan fingerprint density at radius 2 is 2.07 bits per heavy atom. The van der Waals surface area contributed by atoms with E-state index in [0.717, 1.165) is 0 Å². The number of nitrogens with one attached hydrogen (secondary N) is 1. The Morgan fingerprint density at radius 3 is 2.64 bits per heavy atom. The second-order valence-corrected chi connectivity index (χ2v) is 3.49. The fraction of sp³-hybridized carbons (Fsp3) is 0.222. The Hall–Kier alpha value is -0.770. The second-order valence-electron chi connectivity index (χ2n) is 2.67. The average Bonchev–Trinajstić information content (AvgIpc) is 2.18. The molecule has 3 N–H and O–H groups in total. The third kappa shape index (κ3) is 2.87. The molecule has 0 radical (unpaired) electrons. The number of rotatable bonds is 3. The maximum absolute atomic E-state index is 11.4. The number of benzene rings is 1. The third-order valence-corrected chi connectivity index (χ3v) is 2.35. The molecule has 0 spiro atoms. The van der Waals surface area contributed by atoms with Crippen molar-refractivity contribution in [1.82, 2.24) is 5.32 Å². The number of hydrogen-bond donors (Lipinski definition) is 2. The lowest BCUT2D eigenvalue weighted by molar-refractivity contribution is 0.0955. The molecule has 0 heterocycles. The number of carbonyl (C=O) groups excluding carboxylic acids is 1. The molecule has 0 unspecified atom stereocenters. The maximum atomic E-state index is 11.4. The molecule has 0 aliphatic carbocycles. The molecule has 0 atom stereocenters. The molecule has 0 bridgehead atoms. The summed E-state index contributed by atoms with van der Waals surface area (Å²) in [6.07, 6.45) is 0. The van der Waals surface area contributed by atoms with Gasteiger partial charge in [0.1, 0.15) is 0 Å². The molecule has 3 nitrogen and oxygen atoms in total. The Balaban J connectivity index is 2.76. The standard InChI is InChI=1S/C9H10Cl2N2O/c10-7-2-1-6(5-8(7)11)9(14)13-4-3-12/h1-2,5H,3-4,12H2,(H,13,14). The topological polar surface area (TPSA) is 55.1 Å². The summed E-state index contributed by atoms with van der Waals surface area (Å²) in [7, 11) is 0. The van der Waals surface area contributed by atoms with E-state index in [4.69, 9.17) is 28.9 Å². The minimum atomic E-state index is -0.200. The third-order valence-electron chi connectivity index (χ3n) is 1.61. The van der Waals surface area contributed by atoms with Gasteiger partial charge in [-0.1, -0.05) is 23.2 Å². The van der Waals surface area contributed by atoms with Crippen LogP contribution in [-0.2, 0) is 0 Å². The zero-order valence-electron chi connectivity index (χ0n) is 7.39. The fourth-order valence-corrected chi connectivity index (χ4v) is 1.22. The van der Waals surface area contributed by atoms with Crippen LogP contribution in [-0.4, -0.2) is 19.0 Å². The summed E-state index contributed by atoms with van der Waals surface area (Å²) in [4.78, 5) is 11.4. The van der Waals surface area contributed by atoms with Crippen LogP contribution in [0.1, 0.15) is 10.4 Å². The van der Waals surface area contributed by atoms with E-state index in [9.17, 15) is 4.79 Å². The maximum Gasteiger partial charge on any atom is 0.251 e. The summed E-state index contributed by atoms with van der Waals surface area (Å²) in [5.74, 6) is -0.200. The molecule has 1 amide bonds. The van der Waals surface area contributed by atoms with Gasteiger partial charge in [0.15, 0.2) is 0 Å². The molecule has 76 valence electrons. The molecule has 0 aromatic heterocycles. The van der Waals surface area contributed by atoms with Gasteiger partial charge in [-0.3, -0.25) is 4.79 Å². The first-order chi connectivity index (χ1) is 6.65. The summed E-state index contributed by atoms with van der Waals surface area (Å²) in [5.41, 5.74) is 5.73. The van der Waals surface area contributed by atoms with Gasteiger partial charge in [-0.15, -0.1) is 0 Å². The van der Waals surface area contributed by atoms with Crippen LogP contribution < -0.4 is 11.1 Å². The van der Waals surface area contributed by atoms with Crippen LogP contribution in [0.25, 0.3) is 0 Å². The monoisotopic (exact) mass is 232 g/mol. The Kier molecular flexibility index (Phi) is 4.20. The highest BCUT2D eigenvalue weighted by Crippen LogP contribution is 2.22. The van der Waals surface area contributed by atoms with Gasteiger partial charge in [0.25, 0.3) is 5.91 Å². The lowest BCUT2D eigenvalue weighted by atomic mass is 10.2. The second kappa shape index (κ2) is 5.20. The first-order valence-corrected chi connectivity index (χ1v) is 4.84. The van der Waals surface area contributed by atoms with Crippen LogP contribution in [0.5, 0.6) is 0 Å². The van der Waals surface area contributed by atoms with Gasteiger partial charge in [-0.05, 0) is 18.2 Å². The summed E-state index contributed by atoms with van der Waals surface area (Å²) < 4.78 is 0. The minimum absolute atomic E-state index is 0.200. The first-order valence-electron chi connectivity index (χ1n) is 4.08. The summed E-state index contributed by atoms with van der Waals surface area (Å²) in [6.45, 7) is 0.853. The van der Waals surface area contributed by atoms with Crippen molar-refractivity contribution in [1.29, 1.82) is 0 Å². The van der Waals surface area contributed by atoms with Crippen molar-refractivity contribution >= 4 is 29.1 Å². The summed E-state index contributed by atoms with van der Waals surface area (Å²) >= 11 is 11.5. The van der Waals surface area contributed by atoms with Crippen LogP contribution in [0.3, 0.4) is 0 Å². The highest BCUT2D eigenvalue weighted by molar-refractivity contribution is 6.42. The van der Waals surface area contributed by atoms with E-state index in [1.54, 1.807) is 12.1 Å². The first kappa shape index (κ1) is 11.3. The number of halogens is 2. The quantitative estimate of drug-likeness (QED) is 0.834. The lowest BCUT2D eigenvalue weighted by Crippen LogP contribution is -2.28. The molecule has 1 aromatic rings. The molecule has 5 heteroatoms. The number of carbonyl (C=O) groups is 1. The largest absolute Gasteiger partial charge is 0.351 e. The van der Waals surface area contributed by atoms with Crippen molar-refractivity contribution in [2.24, 2.45) is 5.73 Å². The van der Waals surface area contributed by atoms with Crippen molar-refractivity contribution in [3.8, 4) is 0 Å². The smallest absolute Gasteiger partial charge is 0.251 e. The van der Waals surface area contributed by atoms with E-state index in [0.29, 0.717) is 28.7 Å². The van der Waals surface area contributed by atoms with Gasteiger partial charge < -0.3 is 11.1 Å². The molecule has 0 aliphatic rings. The van der Waals surface area contributed by atoms with E-state index in [2.05, 4.69) is 5.32 Å². The zero-order chi connectivity index (χ0) is 10.6. The number of nitrogens with two attached hydrogens (primary N) is 1. The van der Waals surface area contributed by atoms with Crippen molar-refractivity contribution in [2.75, 3.05) is 13.1 Å². The molecular weight excluding hydrogens is 223 g/mol. The lowest BCUT2D eigenvalue weighted by Gasteiger charge is -2.04. The van der Waals surface area contributed by atoms with E-state index < -0.39 is 0 Å². The van der Waals surface area contributed by atoms with Crippen LogP contribution in [0.2, 0.25) is 10.0 Å². The van der Waals surface area contributed by atoms with Crippen molar-refractivity contribution in [2.45, 2.75) is 0 Å². The van der Waals surface area contributed by atoms with E-state index >= 15 is 0 Å². The predicted molar refractivity (Wildman–Crippen MR) is 57.8 cm³/mol. The Bertz CT molecular complexity index is 342. The van der Waals surface area contributed by atoms with Gasteiger partial charge >= 0.3 is 0 Å². The van der Waals surface area contributed by atoms with E-state index in [1.165, 1.54) is 6.07 Å². The summed E-state index contributed by atoms with van der Waals surface area (Å²) in [5, 5.41) is 3.43. The fourth-order valence-electron chi connectivity index (χ4n) is 0.925. The molecule has 0 saturated carbocycles. The van der Waals surface area contributed by atoms with Crippen LogP contribution in [0.15, 0.2) is 18.2 Å². The van der Waals surface area contributed by atoms with Gasteiger partial charge in [0, 0.05) is 18.7 Å². The number of amides is 1. The zero-order valence-corrected chi connectivity index (χ0v) is 8.90. The Morgan fingerprint density at radius 1 is 1.36 bits per heavy atom. The van der Waals surface area contributed by atoms with Gasteiger partial charge in [-0.2, -0.15) is 0 Å². The van der Waals surface area contributed by atoms with Crippen molar-refractivity contribution < 1.29 is 4.79 Å². The molecular formula is C9H10Cl2N2O. The number of hydrogen-bond acceptors (Lipinski definition) is 2. The van der Waals surface area contributed by atoms with Gasteiger partial charge in [0.05, 0.1) is 10.0 Å². The van der Waals surface area contributed by atoms with Crippen molar-refractivity contribution in [3.63, 3.8) is 0 Å². The van der Waals surface area contributed by atoms with Gasteiger partial charge in [0.2, 0.25) is 0 Å². The predicted octanol–water partition coefficient (Wildman–Crippen LogP) is 1.68. The Labute approximate surface area is 92.2 Å². The van der Waals surface area contributed by atoms with Crippen LogP contribution in [0.4, 0.5) is 0 Å². The van der Waals surface area contributed by atoms with Gasteiger partial charge in [-0.25, -0.2) is 0 Å². The SMILES string of the molecule is NCCNC(=O)c1ccc(Cl)c(Cl)c1. The molecule has 1 aromatic carbocycles. The highest BCUT2D eigenvalue weighted by atomic mass is 35.5. The highest BCUT2D eigenvalue weighted by Gasteiger charge is 2.06. The molecule has 1 rings (SSSR count).